The number of nitrogens with zero attached hydrogens (tertiary/aromatic N) is 2. The van der Waals surface area contributed by atoms with E-state index in [1.807, 2.05) is 18.2 Å². The molecule has 0 amide bonds. The van der Waals surface area contributed by atoms with Crippen LogP contribution in [0.5, 0.6) is 0 Å². The summed E-state index contributed by atoms with van der Waals surface area (Å²) in [5.74, 6) is 0.319. The quantitative estimate of drug-likeness (QED) is 0.749. The van der Waals surface area contributed by atoms with E-state index in [1.54, 1.807) is 12.1 Å². The molecule has 0 saturated carbocycles. The highest BCUT2D eigenvalue weighted by molar-refractivity contribution is 6.31. The molecule has 0 fully saturated rings. The van der Waals surface area contributed by atoms with E-state index < -0.39 is 5.82 Å². The molecule has 4 nitrogen and oxygen atoms in total. The third-order valence-electron chi connectivity index (χ3n) is 3.02. The Balaban J connectivity index is 1.86. The van der Waals surface area contributed by atoms with E-state index in [-0.39, 0.29) is 5.69 Å². The molecule has 3 aromatic rings. The lowest BCUT2D eigenvalue weighted by molar-refractivity contribution is 0.424. The maximum absolute atomic E-state index is 13.1. The minimum absolute atomic E-state index is 0.0401. The lowest BCUT2D eigenvalue weighted by Crippen LogP contribution is -1.92. The number of nitrogens with two attached hydrogens (primary N) is 1. The number of rotatable bonds is 3. The first-order valence-corrected chi connectivity index (χ1v) is 6.62. The van der Waals surface area contributed by atoms with Gasteiger partial charge >= 0.3 is 0 Å². The van der Waals surface area contributed by atoms with Gasteiger partial charge in [0.25, 0.3) is 5.89 Å². The molecule has 2 N–H and O–H groups in total. The van der Waals surface area contributed by atoms with Crippen LogP contribution in [0.1, 0.15) is 11.4 Å². The number of hydrogen-bond acceptors (Lipinski definition) is 4. The molecule has 0 aliphatic rings. The fourth-order valence-corrected chi connectivity index (χ4v) is 2.13. The highest BCUT2D eigenvalue weighted by Crippen LogP contribution is 2.23. The van der Waals surface area contributed by atoms with Gasteiger partial charge in [0, 0.05) is 17.0 Å². The van der Waals surface area contributed by atoms with E-state index in [0.717, 1.165) is 5.56 Å². The van der Waals surface area contributed by atoms with Gasteiger partial charge in [-0.15, -0.1) is 0 Å². The van der Waals surface area contributed by atoms with E-state index in [9.17, 15) is 4.39 Å². The van der Waals surface area contributed by atoms with Crippen LogP contribution in [0.2, 0.25) is 5.02 Å². The second-order valence-corrected chi connectivity index (χ2v) is 4.93. The van der Waals surface area contributed by atoms with Crippen molar-refractivity contribution in [3.63, 3.8) is 0 Å². The summed E-state index contributed by atoms with van der Waals surface area (Å²) in [7, 11) is 0. The fraction of sp³-hybridized carbons (Fsp3) is 0.0667. The van der Waals surface area contributed by atoms with Crippen molar-refractivity contribution >= 4 is 17.3 Å². The molecule has 3 rings (SSSR count). The van der Waals surface area contributed by atoms with Gasteiger partial charge in [-0.2, -0.15) is 4.98 Å². The van der Waals surface area contributed by atoms with Crippen molar-refractivity contribution in [3.05, 3.63) is 64.7 Å². The van der Waals surface area contributed by atoms with Gasteiger partial charge in [0.15, 0.2) is 5.82 Å². The van der Waals surface area contributed by atoms with Crippen LogP contribution in [-0.2, 0) is 6.42 Å². The van der Waals surface area contributed by atoms with Gasteiger partial charge in [0.2, 0.25) is 0 Å². The topological polar surface area (TPSA) is 64.9 Å². The number of nitrogen functional groups attached to an aromatic ring is 1. The van der Waals surface area contributed by atoms with Crippen molar-refractivity contribution in [1.29, 1.82) is 0 Å². The second kappa shape index (κ2) is 5.54. The molecule has 21 heavy (non-hydrogen) atoms. The van der Waals surface area contributed by atoms with Gasteiger partial charge in [-0.1, -0.05) is 35.0 Å². The van der Waals surface area contributed by atoms with Crippen molar-refractivity contribution in [2.75, 3.05) is 5.73 Å². The van der Waals surface area contributed by atoms with Crippen molar-refractivity contribution in [2.45, 2.75) is 6.42 Å². The molecule has 0 bridgehead atoms. The average molecular weight is 304 g/mol. The average Bonchev–Trinajstić information content (AvgIpc) is 2.93. The van der Waals surface area contributed by atoms with Crippen LogP contribution >= 0.6 is 11.6 Å². The molecule has 0 unspecified atom stereocenters. The summed E-state index contributed by atoms with van der Waals surface area (Å²) < 4.78 is 18.3. The smallest absolute Gasteiger partial charge is 0.258 e. The molecular formula is C15H11ClFN3O. The lowest BCUT2D eigenvalue weighted by atomic mass is 10.1. The molecular weight excluding hydrogens is 293 g/mol. The lowest BCUT2D eigenvalue weighted by Gasteiger charge is -1.99. The SMILES string of the molecule is Nc1cc(-c2nc(Cc3ccccc3Cl)no2)ccc1F. The Labute approximate surface area is 125 Å². The Kier molecular flexibility index (Phi) is 3.58. The third-order valence-corrected chi connectivity index (χ3v) is 3.39. The number of anilines is 1. The van der Waals surface area contributed by atoms with E-state index >= 15 is 0 Å². The largest absolute Gasteiger partial charge is 0.396 e. The summed E-state index contributed by atoms with van der Waals surface area (Å²) in [6, 6.07) is 11.7. The molecule has 0 radical (unpaired) electrons. The molecule has 1 heterocycles. The third kappa shape index (κ3) is 2.87. The highest BCUT2D eigenvalue weighted by atomic mass is 35.5. The number of benzene rings is 2. The summed E-state index contributed by atoms with van der Waals surface area (Å²) in [6.07, 6.45) is 0.458. The van der Waals surface area contributed by atoms with Crippen LogP contribution in [0.4, 0.5) is 10.1 Å². The van der Waals surface area contributed by atoms with Crippen LogP contribution in [0, 0.1) is 5.82 Å². The van der Waals surface area contributed by atoms with Crippen LogP contribution < -0.4 is 5.73 Å². The predicted octanol–water partition coefficient (Wildman–Crippen LogP) is 3.70. The molecule has 0 aliphatic carbocycles. The van der Waals surface area contributed by atoms with Gasteiger partial charge in [-0.05, 0) is 29.8 Å². The van der Waals surface area contributed by atoms with Gasteiger partial charge in [0.1, 0.15) is 5.82 Å². The minimum Gasteiger partial charge on any atom is -0.396 e. The van der Waals surface area contributed by atoms with E-state index in [1.165, 1.54) is 12.1 Å². The van der Waals surface area contributed by atoms with Crippen LogP contribution in [0.15, 0.2) is 47.0 Å². The maximum atomic E-state index is 13.1. The first-order valence-electron chi connectivity index (χ1n) is 6.25. The summed E-state index contributed by atoms with van der Waals surface area (Å²) in [4.78, 5) is 4.27. The minimum atomic E-state index is -0.477. The molecule has 6 heteroatoms. The zero-order chi connectivity index (χ0) is 14.8. The number of aromatic nitrogens is 2. The normalized spacial score (nSPS) is 10.8. The standard InChI is InChI=1S/C15H11ClFN3O/c16-11-4-2-1-3-9(11)8-14-19-15(21-20-14)10-5-6-12(17)13(18)7-10/h1-7H,8,18H2. The summed E-state index contributed by atoms with van der Waals surface area (Å²) >= 11 is 6.09. The second-order valence-electron chi connectivity index (χ2n) is 4.52. The Morgan fingerprint density at radius 3 is 2.76 bits per heavy atom. The molecule has 0 atom stereocenters. The Morgan fingerprint density at radius 1 is 1.19 bits per heavy atom. The molecule has 0 aliphatic heterocycles. The number of hydrogen-bond donors (Lipinski definition) is 1. The predicted molar refractivity (Wildman–Crippen MR) is 78.4 cm³/mol. The zero-order valence-corrected chi connectivity index (χ0v) is 11.6. The summed E-state index contributed by atoms with van der Waals surface area (Å²) in [5, 5.41) is 4.55. The van der Waals surface area contributed by atoms with E-state index in [2.05, 4.69) is 10.1 Å². The summed E-state index contributed by atoms with van der Waals surface area (Å²) in [6.45, 7) is 0. The molecule has 0 spiro atoms. The first kappa shape index (κ1) is 13.6. The van der Waals surface area contributed by atoms with Crippen molar-refractivity contribution < 1.29 is 8.91 Å². The number of halogens is 2. The highest BCUT2D eigenvalue weighted by Gasteiger charge is 2.12. The fourth-order valence-electron chi connectivity index (χ4n) is 1.93. The van der Waals surface area contributed by atoms with Gasteiger partial charge < -0.3 is 10.3 Å². The van der Waals surface area contributed by atoms with Gasteiger partial charge in [-0.25, -0.2) is 4.39 Å². The van der Waals surface area contributed by atoms with Crippen molar-refractivity contribution in [1.82, 2.24) is 10.1 Å². The first-order chi connectivity index (χ1) is 10.1. The van der Waals surface area contributed by atoms with Crippen LogP contribution in [-0.4, -0.2) is 10.1 Å². The molecule has 106 valence electrons. The molecule has 1 aromatic heterocycles. The van der Waals surface area contributed by atoms with Gasteiger partial charge in [0.05, 0.1) is 5.69 Å². The zero-order valence-electron chi connectivity index (χ0n) is 10.9. The van der Waals surface area contributed by atoms with Crippen LogP contribution in [0.25, 0.3) is 11.5 Å². The molecule has 0 saturated heterocycles. The monoisotopic (exact) mass is 303 g/mol. The van der Waals surface area contributed by atoms with E-state index in [4.69, 9.17) is 21.9 Å². The summed E-state index contributed by atoms with van der Waals surface area (Å²) in [5.41, 5.74) is 7.05. The molecule has 2 aromatic carbocycles. The van der Waals surface area contributed by atoms with E-state index in [0.29, 0.717) is 28.7 Å². The maximum Gasteiger partial charge on any atom is 0.258 e. The van der Waals surface area contributed by atoms with Crippen molar-refractivity contribution in [3.8, 4) is 11.5 Å². The Hall–Kier alpha value is -2.40. The Morgan fingerprint density at radius 2 is 2.00 bits per heavy atom. The Bertz CT molecular complexity index is 788. The van der Waals surface area contributed by atoms with Gasteiger partial charge in [-0.3, -0.25) is 0 Å². The van der Waals surface area contributed by atoms with Crippen molar-refractivity contribution in [2.24, 2.45) is 0 Å². The van der Waals surface area contributed by atoms with Crippen LogP contribution in [0.3, 0.4) is 0 Å².